The molecular weight excluding hydrogens is 372 g/mol. The molecule has 0 fully saturated rings. The van der Waals surface area contributed by atoms with E-state index in [0.29, 0.717) is 18.6 Å². The second-order valence-corrected chi connectivity index (χ2v) is 8.37. The minimum Gasteiger partial charge on any atom is -0.335 e. The summed E-state index contributed by atoms with van der Waals surface area (Å²) in [6.45, 7) is 5.39. The van der Waals surface area contributed by atoms with Gasteiger partial charge in [-0.15, -0.1) is 11.3 Å². The number of rotatable bonds is 3. The molecule has 4 aromatic rings. The van der Waals surface area contributed by atoms with E-state index >= 15 is 0 Å². The van der Waals surface area contributed by atoms with Crippen LogP contribution in [-0.2, 0) is 24.3 Å². The van der Waals surface area contributed by atoms with Gasteiger partial charge in [-0.05, 0) is 38.0 Å². The summed E-state index contributed by atoms with van der Waals surface area (Å²) in [6.07, 6.45) is 2.57. The van der Waals surface area contributed by atoms with Crippen molar-refractivity contribution in [1.29, 1.82) is 0 Å². The Morgan fingerprint density at radius 2 is 2.11 bits per heavy atom. The fourth-order valence-corrected chi connectivity index (χ4v) is 5.20. The van der Waals surface area contributed by atoms with Gasteiger partial charge in [0, 0.05) is 29.0 Å². The van der Waals surface area contributed by atoms with Crippen molar-refractivity contribution in [1.82, 2.24) is 14.3 Å². The van der Waals surface area contributed by atoms with Crippen LogP contribution < -0.4 is 10.5 Å². The fraction of sp³-hybridized carbons (Fsp3) is 0.286. The first kappa shape index (κ1) is 17.2. The topological polar surface area (TPSA) is 60.1 Å². The minimum absolute atomic E-state index is 0.0509. The van der Waals surface area contributed by atoms with Gasteiger partial charge < -0.3 is 9.47 Å². The molecule has 0 saturated carbocycles. The van der Waals surface area contributed by atoms with Crippen LogP contribution in [0.3, 0.4) is 0 Å². The van der Waals surface area contributed by atoms with Crippen LogP contribution in [0.25, 0.3) is 21.1 Å². The van der Waals surface area contributed by atoms with Gasteiger partial charge >= 0.3 is 0 Å². The lowest BCUT2D eigenvalue weighted by Gasteiger charge is -2.17. The highest BCUT2D eigenvalue weighted by Gasteiger charge is 2.25. The Kier molecular flexibility index (Phi) is 3.87. The van der Waals surface area contributed by atoms with Crippen LogP contribution in [0.2, 0.25) is 0 Å². The zero-order chi connectivity index (χ0) is 19.4. The van der Waals surface area contributed by atoms with Gasteiger partial charge in [0.1, 0.15) is 12.1 Å². The summed E-state index contributed by atoms with van der Waals surface area (Å²) in [6, 6.07) is 10.0. The number of amides is 1. The number of nitrogens with zero attached hydrogens (tertiary/aromatic N) is 4. The quantitative estimate of drug-likeness (QED) is 0.537. The number of fused-ring (bicyclic) bond motifs is 4. The average Bonchev–Trinajstić information content (AvgIpc) is 3.35. The van der Waals surface area contributed by atoms with Crippen LogP contribution in [0.4, 0.5) is 5.69 Å². The molecule has 0 aliphatic carbocycles. The zero-order valence-electron chi connectivity index (χ0n) is 15.8. The summed E-state index contributed by atoms with van der Waals surface area (Å²) < 4.78 is 4.42. The van der Waals surface area contributed by atoms with Gasteiger partial charge in [-0.1, -0.05) is 18.2 Å². The Morgan fingerprint density at radius 3 is 2.93 bits per heavy atom. The molecule has 0 radical (unpaired) electrons. The van der Waals surface area contributed by atoms with Crippen LogP contribution in [0, 0.1) is 6.92 Å². The normalized spacial score (nSPS) is 13.6. The van der Waals surface area contributed by atoms with E-state index in [2.05, 4.69) is 18.1 Å². The Morgan fingerprint density at radius 1 is 1.29 bits per heavy atom. The molecule has 0 spiro atoms. The fourth-order valence-electron chi connectivity index (χ4n) is 4.17. The first-order chi connectivity index (χ1) is 13.6. The van der Waals surface area contributed by atoms with Crippen molar-refractivity contribution in [3.8, 4) is 0 Å². The Balaban J connectivity index is 1.56. The number of hydrogen-bond acceptors (Lipinski definition) is 4. The standard InChI is InChI=1S/C21H20N4O2S/c1-3-23-17-10-13(2)28-20(17)15-11-22-25(21(27)19(15)23)12-18(26)24-9-8-14-6-4-5-7-16(14)24/h4-7,10-11H,3,8-9,12H2,1-2H3. The second-order valence-electron chi connectivity index (χ2n) is 7.11. The Hall–Kier alpha value is -2.93. The van der Waals surface area contributed by atoms with Crippen molar-refractivity contribution in [2.75, 3.05) is 11.4 Å². The average molecular weight is 392 g/mol. The predicted octanol–water partition coefficient (Wildman–Crippen LogP) is 3.33. The number of hydrogen-bond donors (Lipinski definition) is 0. The van der Waals surface area contributed by atoms with E-state index in [1.54, 1.807) is 22.4 Å². The maximum atomic E-state index is 13.2. The lowest BCUT2D eigenvalue weighted by atomic mass is 10.2. The minimum atomic E-state index is -0.207. The van der Waals surface area contributed by atoms with E-state index in [1.165, 1.54) is 15.1 Å². The van der Waals surface area contributed by atoms with Crippen LogP contribution >= 0.6 is 11.3 Å². The Bertz CT molecular complexity index is 1300. The van der Waals surface area contributed by atoms with Crippen LogP contribution in [0.1, 0.15) is 17.4 Å². The molecule has 1 aromatic carbocycles. The van der Waals surface area contributed by atoms with E-state index in [0.717, 1.165) is 27.7 Å². The summed E-state index contributed by atoms with van der Waals surface area (Å²) in [5.41, 5.74) is 3.60. The molecule has 3 aromatic heterocycles. The maximum absolute atomic E-state index is 13.2. The maximum Gasteiger partial charge on any atom is 0.291 e. The molecule has 4 heterocycles. The smallest absolute Gasteiger partial charge is 0.291 e. The van der Waals surface area contributed by atoms with E-state index in [4.69, 9.17) is 0 Å². The molecule has 6 nitrogen and oxygen atoms in total. The highest BCUT2D eigenvalue weighted by molar-refractivity contribution is 7.20. The van der Waals surface area contributed by atoms with E-state index < -0.39 is 0 Å². The zero-order valence-corrected chi connectivity index (χ0v) is 16.6. The van der Waals surface area contributed by atoms with Gasteiger partial charge in [0.15, 0.2) is 0 Å². The number of para-hydroxylation sites is 1. The molecule has 0 atom stereocenters. The molecule has 1 aliphatic rings. The molecule has 5 rings (SSSR count). The van der Waals surface area contributed by atoms with E-state index in [1.807, 2.05) is 35.8 Å². The largest absolute Gasteiger partial charge is 0.335 e. The van der Waals surface area contributed by atoms with Crippen molar-refractivity contribution in [3.63, 3.8) is 0 Å². The lowest BCUT2D eigenvalue weighted by molar-refractivity contribution is -0.119. The second kappa shape index (κ2) is 6.31. The highest BCUT2D eigenvalue weighted by atomic mass is 32.1. The molecule has 0 N–H and O–H groups in total. The number of carbonyl (C=O) groups is 1. The molecule has 0 saturated heterocycles. The molecule has 1 aliphatic heterocycles. The van der Waals surface area contributed by atoms with Gasteiger partial charge in [-0.3, -0.25) is 9.59 Å². The molecule has 142 valence electrons. The van der Waals surface area contributed by atoms with Gasteiger partial charge in [0.05, 0.1) is 16.4 Å². The highest BCUT2D eigenvalue weighted by Crippen LogP contribution is 2.33. The number of carbonyl (C=O) groups excluding carboxylic acids is 1. The molecule has 0 bridgehead atoms. The van der Waals surface area contributed by atoms with E-state index in [-0.39, 0.29) is 18.0 Å². The monoisotopic (exact) mass is 392 g/mol. The number of benzene rings is 1. The van der Waals surface area contributed by atoms with Gasteiger partial charge in [-0.2, -0.15) is 5.10 Å². The lowest BCUT2D eigenvalue weighted by Crippen LogP contribution is -2.36. The number of aromatic nitrogens is 3. The third-order valence-electron chi connectivity index (χ3n) is 5.45. The summed E-state index contributed by atoms with van der Waals surface area (Å²) >= 11 is 1.67. The predicted molar refractivity (Wildman–Crippen MR) is 112 cm³/mol. The first-order valence-electron chi connectivity index (χ1n) is 9.45. The van der Waals surface area contributed by atoms with Crippen molar-refractivity contribution >= 4 is 44.1 Å². The summed E-state index contributed by atoms with van der Waals surface area (Å²) in [5.74, 6) is -0.105. The number of thiophene rings is 1. The number of aryl methyl sites for hydroxylation is 2. The molecule has 28 heavy (non-hydrogen) atoms. The summed E-state index contributed by atoms with van der Waals surface area (Å²) in [5, 5.41) is 5.20. The molecular formula is C21H20N4O2S. The third kappa shape index (κ3) is 2.43. The van der Waals surface area contributed by atoms with Crippen molar-refractivity contribution in [3.05, 3.63) is 57.3 Å². The van der Waals surface area contributed by atoms with Crippen LogP contribution in [-0.4, -0.2) is 26.8 Å². The van der Waals surface area contributed by atoms with Crippen molar-refractivity contribution < 1.29 is 4.79 Å². The van der Waals surface area contributed by atoms with Crippen molar-refractivity contribution in [2.45, 2.75) is 33.4 Å². The SMILES string of the molecule is CCn1c2cc(C)sc2c2cnn(CC(=O)N3CCc4ccccc43)c(=O)c21. The van der Waals surface area contributed by atoms with Gasteiger partial charge in [0.25, 0.3) is 5.56 Å². The summed E-state index contributed by atoms with van der Waals surface area (Å²) in [7, 11) is 0. The molecule has 1 amide bonds. The van der Waals surface area contributed by atoms with Crippen LogP contribution in [0.5, 0.6) is 0 Å². The van der Waals surface area contributed by atoms with Gasteiger partial charge in [0.2, 0.25) is 5.91 Å². The van der Waals surface area contributed by atoms with Crippen LogP contribution in [0.15, 0.2) is 41.3 Å². The number of anilines is 1. The van der Waals surface area contributed by atoms with Gasteiger partial charge in [-0.25, -0.2) is 4.68 Å². The Labute approximate surface area is 165 Å². The van der Waals surface area contributed by atoms with E-state index in [9.17, 15) is 9.59 Å². The molecule has 7 heteroatoms. The first-order valence-corrected chi connectivity index (χ1v) is 10.3. The molecule has 0 unspecified atom stereocenters. The van der Waals surface area contributed by atoms with Crippen molar-refractivity contribution in [2.24, 2.45) is 0 Å². The third-order valence-corrected chi connectivity index (χ3v) is 6.52. The summed E-state index contributed by atoms with van der Waals surface area (Å²) in [4.78, 5) is 29.0.